The number of hydrogen-bond donors (Lipinski definition) is 2. The molecule has 0 aliphatic heterocycles. The molecule has 10 heteroatoms. The second-order valence-electron chi connectivity index (χ2n) is 6.53. The molecule has 3 rings (SSSR count). The van der Waals surface area contributed by atoms with Gasteiger partial charge in [-0.15, -0.1) is 0 Å². The van der Waals surface area contributed by atoms with E-state index in [0.29, 0.717) is 0 Å². The van der Waals surface area contributed by atoms with Gasteiger partial charge in [0.2, 0.25) is 10.0 Å². The van der Waals surface area contributed by atoms with Gasteiger partial charge in [0.25, 0.3) is 5.91 Å². The third-order valence-corrected chi connectivity index (χ3v) is 4.89. The Morgan fingerprint density at radius 2 is 1.86 bits per heavy atom. The zero-order chi connectivity index (χ0) is 21.3. The molecule has 0 spiro atoms. The van der Waals surface area contributed by atoms with E-state index in [1.807, 2.05) is 19.9 Å². The number of sulfonamides is 1. The number of aromatic nitrogens is 2. The summed E-state index contributed by atoms with van der Waals surface area (Å²) < 4.78 is 41.1. The van der Waals surface area contributed by atoms with Crippen molar-refractivity contribution in [3.8, 4) is 5.69 Å². The highest BCUT2D eigenvalue weighted by Gasteiger charge is 2.14. The summed E-state index contributed by atoms with van der Waals surface area (Å²) in [6.45, 7) is 3.63. The van der Waals surface area contributed by atoms with Crippen LogP contribution < -0.4 is 10.0 Å². The SMILES string of the molecule is Cc1cc(C)n(-c2ccc(NC(=O)c3ccc(Cl)c(NS(C)(=O)=O)c3)cc2F)n1. The van der Waals surface area contributed by atoms with Crippen LogP contribution in [0.15, 0.2) is 42.5 Å². The van der Waals surface area contributed by atoms with Crippen molar-refractivity contribution in [1.82, 2.24) is 9.78 Å². The maximum Gasteiger partial charge on any atom is 0.255 e. The minimum atomic E-state index is -3.56. The van der Waals surface area contributed by atoms with Crippen LogP contribution in [0.25, 0.3) is 5.69 Å². The predicted octanol–water partition coefficient (Wildman–Crippen LogP) is 3.91. The van der Waals surface area contributed by atoms with Gasteiger partial charge in [-0.05, 0) is 56.3 Å². The van der Waals surface area contributed by atoms with Gasteiger partial charge in [0.1, 0.15) is 5.69 Å². The lowest BCUT2D eigenvalue weighted by atomic mass is 10.2. The standard InChI is InChI=1S/C19H18ClFN4O3S/c1-11-8-12(2)25(23-11)18-7-5-14(10-16(18)21)22-19(26)13-4-6-15(20)17(9-13)24-29(3,27)28/h4-10,24H,1-3H3,(H,22,26). The van der Waals surface area contributed by atoms with Gasteiger partial charge in [0.05, 0.1) is 22.7 Å². The fourth-order valence-electron chi connectivity index (χ4n) is 2.78. The first-order valence-corrected chi connectivity index (χ1v) is 10.7. The van der Waals surface area contributed by atoms with E-state index in [9.17, 15) is 17.6 Å². The van der Waals surface area contributed by atoms with Crippen LogP contribution in [-0.2, 0) is 10.0 Å². The number of halogens is 2. The summed E-state index contributed by atoms with van der Waals surface area (Å²) in [5, 5.41) is 6.97. The van der Waals surface area contributed by atoms with E-state index in [1.54, 1.807) is 6.07 Å². The molecule has 29 heavy (non-hydrogen) atoms. The van der Waals surface area contributed by atoms with E-state index in [2.05, 4.69) is 15.1 Å². The molecular weight excluding hydrogens is 419 g/mol. The van der Waals surface area contributed by atoms with Crippen molar-refractivity contribution in [2.24, 2.45) is 0 Å². The number of nitrogens with zero attached hydrogens (tertiary/aromatic N) is 2. The summed E-state index contributed by atoms with van der Waals surface area (Å²) in [5.41, 5.74) is 2.28. The molecule has 0 radical (unpaired) electrons. The molecule has 0 aliphatic rings. The van der Waals surface area contributed by atoms with Crippen LogP contribution in [-0.4, -0.2) is 30.4 Å². The summed E-state index contributed by atoms with van der Waals surface area (Å²) in [7, 11) is -3.56. The average Bonchev–Trinajstić information content (AvgIpc) is 2.94. The molecular formula is C19H18ClFN4O3S. The molecule has 0 unspecified atom stereocenters. The second-order valence-corrected chi connectivity index (χ2v) is 8.68. The topological polar surface area (TPSA) is 93.1 Å². The van der Waals surface area contributed by atoms with Crippen molar-refractivity contribution >= 4 is 38.9 Å². The molecule has 152 valence electrons. The first-order chi connectivity index (χ1) is 13.5. The van der Waals surface area contributed by atoms with E-state index >= 15 is 0 Å². The molecule has 7 nitrogen and oxygen atoms in total. The largest absolute Gasteiger partial charge is 0.322 e. The van der Waals surface area contributed by atoms with Gasteiger partial charge in [-0.3, -0.25) is 9.52 Å². The van der Waals surface area contributed by atoms with E-state index in [4.69, 9.17) is 11.6 Å². The number of amides is 1. The van der Waals surface area contributed by atoms with E-state index in [1.165, 1.54) is 35.0 Å². The Hall–Kier alpha value is -2.91. The molecule has 1 heterocycles. The molecule has 2 aromatic carbocycles. The predicted molar refractivity (Wildman–Crippen MR) is 111 cm³/mol. The number of aryl methyl sites for hydroxylation is 2. The van der Waals surface area contributed by atoms with Crippen molar-refractivity contribution in [3.63, 3.8) is 0 Å². The monoisotopic (exact) mass is 436 g/mol. The van der Waals surface area contributed by atoms with Gasteiger partial charge in [-0.2, -0.15) is 5.10 Å². The summed E-state index contributed by atoms with van der Waals surface area (Å²) in [6.07, 6.45) is 0.975. The minimum Gasteiger partial charge on any atom is -0.322 e. The van der Waals surface area contributed by atoms with Crippen LogP contribution >= 0.6 is 11.6 Å². The van der Waals surface area contributed by atoms with Gasteiger partial charge in [0.15, 0.2) is 5.82 Å². The summed E-state index contributed by atoms with van der Waals surface area (Å²) in [5.74, 6) is -1.10. The Bertz CT molecular complexity index is 1210. The Morgan fingerprint density at radius 3 is 2.45 bits per heavy atom. The molecule has 3 aromatic rings. The number of nitrogens with one attached hydrogen (secondary N) is 2. The van der Waals surface area contributed by atoms with Crippen molar-refractivity contribution in [2.45, 2.75) is 13.8 Å². The number of rotatable bonds is 5. The molecule has 0 bridgehead atoms. The zero-order valence-corrected chi connectivity index (χ0v) is 17.4. The van der Waals surface area contributed by atoms with Crippen LogP contribution in [0.2, 0.25) is 5.02 Å². The molecule has 0 fully saturated rings. The Balaban J connectivity index is 1.83. The van der Waals surface area contributed by atoms with Crippen LogP contribution in [0.4, 0.5) is 15.8 Å². The molecule has 0 atom stereocenters. The molecule has 0 saturated heterocycles. The highest BCUT2D eigenvalue weighted by Crippen LogP contribution is 2.25. The summed E-state index contributed by atoms with van der Waals surface area (Å²) in [4.78, 5) is 12.5. The normalized spacial score (nSPS) is 11.3. The minimum absolute atomic E-state index is 0.0767. The van der Waals surface area contributed by atoms with E-state index in [0.717, 1.165) is 17.6 Å². The molecule has 1 amide bonds. The molecule has 1 aromatic heterocycles. The summed E-state index contributed by atoms with van der Waals surface area (Å²) >= 11 is 5.96. The van der Waals surface area contributed by atoms with Gasteiger partial charge < -0.3 is 5.32 Å². The molecule has 0 saturated carbocycles. The number of hydrogen-bond acceptors (Lipinski definition) is 4. The van der Waals surface area contributed by atoms with Crippen LogP contribution in [0.5, 0.6) is 0 Å². The Labute approximate surface area is 172 Å². The lowest BCUT2D eigenvalue weighted by Crippen LogP contribution is -2.14. The summed E-state index contributed by atoms with van der Waals surface area (Å²) in [6, 6.07) is 10.2. The quantitative estimate of drug-likeness (QED) is 0.634. The van der Waals surface area contributed by atoms with Crippen molar-refractivity contribution in [2.75, 3.05) is 16.3 Å². The first-order valence-electron chi connectivity index (χ1n) is 8.45. The highest BCUT2D eigenvalue weighted by molar-refractivity contribution is 7.92. The number of carbonyl (C=O) groups excluding carboxylic acids is 1. The maximum absolute atomic E-state index is 14.6. The van der Waals surface area contributed by atoms with Crippen LogP contribution in [0.1, 0.15) is 21.7 Å². The Morgan fingerprint density at radius 1 is 1.14 bits per heavy atom. The molecule has 2 N–H and O–H groups in total. The van der Waals surface area contributed by atoms with Crippen molar-refractivity contribution in [1.29, 1.82) is 0 Å². The Kier molecular flexibility index (Phi) is 5.63. The lowest BCUT2D eigenvalue weighted by molar-refractivity contribution is 0.102. The lowest BCUT2D eigenvalue weighted by Gasteiger charge is -2.11. The zero-order valence-electron chi connectivity index (χ0n) is 15.8. The third-order valence-electron chi connectivity index (χ3n) is 3.97. The number of benzene rings is 2. The van der Waals surface area contributed by atoms with E-state index in [-0.39, 0.29) is 27.6 Å². The number of carbonyl (C=O) groups is 1. The fourth-order valence-corrected chi connectivity index (χ4v) is 3.57. The van der Waals surface area contributed by atoms with Gasteiger partial charge in [0, 0.05) is 16.9 Å². The molecule has 0 aliphatic carbocycles. The van der Waals surface area contributed by atoms with E-state index < -0.39 is 21.7 Å². The smallest absolute Gasteiger partial charge is 0.255 e. The van der Waals surface area contributed by atoms with Gasteiger partial charge in [-0.1, -0.05) is 11.6 Å². The highest BCUT2D eigenvalue weighted by atomic mass is 35.5. The fraction of sp³-hybridized carbons (Fsp3) is 0.158. The van der Waals surface area contributed by atoms with Crippen molar-refractivity contribution < 1.29 is 17.6 Å². The average molecular weight is 437 g/mol. The number of anilines is 2. The third kappa shape index (κ3) is 4.93. The van der Waals surface area contributed by atoms with Gasteiger partial charge in [-0.25, -0.2) is 17.5 Å². The van der Waals surface area contributed by atoms with Crippen LogP contribution in [0.3, 0.4) is 0 Å². The van der Waals surface area contributed by atoms with Crippen molar-refractivity contribution in [3.05, 3.63) is 70.3 Å². The second kappa shape index (κ2) is 7.84. The van der Waals surface area contributed by atoms with Crippen LogP contribution in [0, 0.1) is 19.7 Å². The van der Waals surface area contributed by atoms with Gasteiger partial charge >= 0.3 is 0 Å². The maximum atomic E-state index is 14.6. The first kappa shape index (κ1) is 20.8.